The Morgan fingerprint density at radius 1 is 1.13 bits per heavy atom. The van der Waals surface area contributed by atoms with Crippen molar-refractivity contribution >= 4 is 11.8 Å². The van der Waals surface area contributed by atoms with Crippen LogP contribution in [0.4, 0.5) is 0 Å². The average molecular weight is 415 g/mol. The van der Waals surface area contributed by atoms with Gasteiger partial charge in [0, 0.05) is 31.7 Å². The topological polar surface area (TPSA) is 78.9 Å². The van der Waals surface area contributed by atoms with Crippen molar-refractivity contribution < 1.29 is 19.4 Å². The first-order valence-electron chi connectivity index (χ1n) is 11.4. The van der Waals surface area contributed by atoms with Gasteiger partial charge in [-0.15, -0.1) is 0 Å². The number of piperidine rings is 1. The molecule has 2 N–H and O–H groups in total. The van der Waals surface area contributed by atoms with Gasteiger partial charge in [-0.1, -0.05) is 31.0 Å². The smallest absolute Gasteiger partial charge is 0.253 e. The van der Waals surface area contributed by atoms with Gasteiger partial charge in [-0.25, -0.2) is 0 Å². The summed E-state index contributed by atoms with van der Waals surface area (Å²) < 4.78 is 6.12. The molecule has 4 rings (SSSR count). The normalized spacial score (nSPS) is 29.1. The number of amides is 2. The molecule has 6 heteroatoms. The van der Waals surface area contributed by atoms with Crippen molar-refractivity contribution in [2.45, 2.75) is 75.5 Å². The van der Waals surface area contributed by atoms with E-state index in [1.807, 2.05) is 42.2 Å². The second-order valence-electron chi connectivity index (χ2n) is 9.54. The zero-order chi connectivity index (χ0) is 21.2. The Balaban J connectivity index is 1.38. The van der Waals surface area contributed by atoms with Crippen molar-refractivity contribution in [1.82, 2.24) is 10.2 Å². The molecule has 1 aromatic carbocycles. The fourth-order valence-corrected chi connectivity index (χ4v) is 5.51. The minimum Gasteiger partial charge on any atom is -0.388 e. The van der Waals surface area contributed by atoms with Gasteiger partial charge in [0.2, 0.25) is 5.91 Å². The van der Waals surface area contributed by atoms with E-state index in [9.17, 15) is 14.7 Å². The molecule has 0 radical (unpaired) electrons. The number of nitrogens with zero attached hydrogens (tertiary/aromatic N) is 1. The molecule has 0 bridgehead atoms. The van der Waals surface area contributed by atoms with Crippen LogP contribution in [0.2, 0.25) is 0 Å². The fourth-order valence-electron chi connectivity index (χ4n) is 5.51. The standard InChI is InChI=1S/C24H34N2O4/c1-23(25-20(27)17-18-7-5-6-8-18)13-16-30-24(22(23)29)11-14-26(15-12-24)21(28)19-9-3-2-4-10-19/h2-4,9-10,18,22,29H,5-8,11-17H2,1H3,(H,25,27)/t22-,23+/m0/s1. The molecule has 2 saturated heterocycles. The van der Waals surface area contributed by atoms with Crippen LogP contribution in [-0.4, -0.2) is 58.8 Å². The molecule has 0 aromatic heterocycles. The maximum atomic E-state index is 12.8. The Kier molecular flexibility index (Phi) is 6.16. The summed E-state index contributed by atoms with van der Waals surface area (Å²) in [6.07, 6.45) is 6.19. The van der Waals surface area contributed by atoms with E-state index in [1.54, 1.807) is 0 Å². The second kappa shape index (κ2) is 8.67. The molecule has 30 heavy (non-hydrogen) atoms. The Morgan fingerprint density at radius 3 is 2.47 bits per heavy atom. The van der Waals surface area contributed by atoms with Crippen molar-refractivity contribution in [3.8, 4) is 0 Å². The Bertz CT molecular complexity index is 754. The van der Waals surface area contributed by atoms with Crippen LogP contribution in [0.15, 0.2) is 30.3 Å². The third-order valence-electron chi connectivity index (χ3n) is 7.40. The molecule has 3 aliphatic rings. The van der Waals surface area contributed by atoms with Crippen molar-refractivity contribution in [3.63, 3.8) is 0 Å². The van der Waals surface area contributed by atoms with Crippen LogP contribution < -0.4 is 5.32 Å². The number of hydrogen-bond donors (Lipinski definition) is 2. The van der Waals surface area contributed by atoms with Crippen LogP contribution in [-0.2, 0) is 9.53 Å². The predicted molar refractivity (Wildman–Crippen MR) is 114 cm³/mol. The van der Waals surface area contributed by atoms with Crippen molar-refractivity contribution in [1.29, 1.82) is 0 Å². The van der Waals surface area contributed by atoms with Gasteiger partial charge in [0.25, 0.3) is 5.91 Å². The van der Waals surface area contributed by atoms with Gasteiger partial charge in [-0.3, -0.25) is 9.59 Å². The minimum absolute atomic E-state index is 0.0170. The highest BCUT2D eigenvalue weighted by atomic mass is 16.5. The van der Waals surface area contributed by atoms with Crippen molar-refractivity contribution in [2.75, 3.05) is 19.7 Å². The van der Waals surface area contributed by atoms with Gasteiger partial charge in [0.05, 0.1) is 11.1 Å². The lowest BCUT2D eigenvalue weighted by atomic mass is 9.73. The monoisotopic (exact) mass is 414 g/mol. The first-order valence-corrected chi connectivity index (χ1v) is 11.4. The number of aliphatic hydroxyl groups excluding tert-OH is 1. The molecule has 2 atom stereocenters. The maximum Gasteiger partial charge on any atom is 0.253 e. The summed E-state index contributed by atoms with van der Waals surface area (Å²) in [5, 5.41) is 14.5. The average Bonchev–Trinajstić information content (AvgIpc) is 3.25. The molecule has 1 saturated carbocycles. The summed E-state index contributed by atoms with van der Waals surface area (Å²) in [5.74, 6) is 0.535. The van der Waals surface area contributed by atoms with E-state index < -0.39 is 17.2 Å². The summed E-state index contributed by atoms with van der Waals surface area (Å²) in [7, 11) is 0. The second-order valence-corrected chi connectivity index (χ2v) is 9.54. The first kappa shape index (κ1) is 21.3. The quantitative estimate of drug-likeness (QED) is 0.794. The number of likely N-dealkylation sites (tertiary alicyclic amines) is 1. The Labute approximate surface area is 179 Å². The number of hydrogen-bond acceptors (Lipinski definition) is 4. The summed E-state index contributed by atoms with van der Waals surface area (Å²) in [5.41, 5.74) is -0.719. The van der Waals surface area contributed by atoms with Gasteiger partial charge < -0.3 is 20.1 Å². The molecule has 2 aliphatic heterocycles. The summed E-state index contributed by atoms with van der Waals surface area (Å²) in [6.45, 7) is 3.52. The number of carbonyl (C=O) groups is 2. The third-order valence-corrected chi connectivity index (χ3v) is 7.40. The zero-order valence-electron chi connectivity index (χ0n) is 17.9. The first-order chi connectivity index (χ1) is 14.4. The van der Waals surface area contributed by atoms with Crippen LogP contribution in [0.3, 0.4) is 0 Å². The van der Waals surface area contributed by atoms with Gasteiger partial charge in [-0.2, -0.15) is 0 Å². The number of aliphatic hydroxyl groups is 1. The SMILES string of the molecule is C[C@@]1(NC(=O)CC2CCCC2)CCOC2(CCN(C(=O)c3ccccc3)CC2)[C@H]1O. The molecule has 1 aromatic rings. The number of nitrogens with one attached hydrogen (secondary N) is 1. The number of ether oxygens (including phenoxy) is 1. The number of benzene rings is 1. The van der Waals surface area contributed by atoms with E-state index in [0.29, 0.717) is 56.9 Å². The Morgan fingerprint density at radius 2 is 1.80 bits per heavy atom. The highest BCUT2D eigenvalue weighted by Gasteiger charge is 2.54. The van der Waals surface area contributed by atoms with Crippen LogP contribution >= 0.6 is 0 Å². The van der Waals surface area contributed by atoms with Crippen LogP contribution in [0.25, 0.3) is 0 Å². The van der Waals surface area contributed by atoms with E-state index in [4.69, 9.17) is 4.74 Å². The lowest BCUT2D eigenvalue weighted by Crippen LogP contribution is -2.69. The zero-order valence-corrected chi connectivity index (χ0v) is 17.9. The van der Waals surface area contributed by atoms with E-state index in [-0.39, 0.29) is 11.8 Å². The highest BCUT2D eigenvalue weighted by Crippen LogP contribution is 2.40. The number of rotatable bonds is 4. The third kappa shape index (κ3) is 4.26. The molecule has 2 amide bonds. The molecule has 2 heterocycles. The largest absolute Gasteiger partial charge is 0.388 e. The summed E-state index contributed by atoms with van der Waals surface area (Å²) in [6, 6.07) is 9.29. The molecule has 1 aliphatic carbocycles. The van der Waals surface area contributed by atoms with Gasteiger partial charge in [-0.05, 0) is 57.1 Å². The van der Waals surface area contributed by atoms with Gasteiger partial charge in [0.1, 0.15) is 6.10 Å². The molecule has 3 fully saturated rings. The molecular formula is C24H34N2O4. The maximum absolute atomic E-state index is 12.8. The van der Waals surface area contributed by atoms with Crippen LogP contribution in [0.1, 0.15) is 68.6 Å². The fraction of sp³-hybridized carbons (Fsp3) is 0.667. The molecule has 164 valence electrons. The van der Waals surface area contributed by atoms with Gasteiger partial charge >= 0.3 is 0 Å². The molecule has 0 unspecified atom stereocenters. The lowest BCUT2D eigenvalue weighted by Gasteiger charge is -2.53. The van der Waals surface area contributed by atoms with Crippen molar-refractivity contribution in [3.05, 3.63) is 35.9 Å². The van der Waals surface area contributed by atoms with Gasteiger partial charge in [0.15, 0.2) is 0 Å². The molecule has 6 nitrogen and oxygen atoms in total. The highest BCUT2D eigenvalue weighted by molar-refractivity contribution is 5.94. The number of carbonyl (C=O) groups excluding carboxylic acids is 2. The van der Waals surface area contributed by atoms with E-state index in [2.05, 4.69) is 5.32 Å². The summed E-state index contributed by atoms with van der Waals surface area (Å²) in [4.78, 5) is 27.3. The molecule has 1 spiro atoms. The lowest BCUT2D eigenvalue weighted by molar-refractivity contribution is -0.205. The van der Waals surface area contributed by atoms with Crippen molar-refractivity contribution in [2.24, 2.45) is 5.92 Å². The summed E-state index contributed by atoms with van der Waals surface area (Å²) >= 11 is 0. The molecular weight excluding hydrogens is 380 g/mol. The van der Waals surface area contributed by atoms with Crippen LogP contribution in [0.5, 0.6) is 0 Å². The predicted octanol–water partition coefficient (Wildman–Crippen LogP) is 2.90. The van der Waals surface area contributed by atoms with Crippen LogP contribution in [0, 0.1) is 5.92 Å². The van der Waals surface area contributed by atoms with E-state index in [0.717, 1.165) is 12.8 Å². The Hall–Kier alpha value is -1.92. The van der Waals surface area contributed by atoms with E-state index in [1.165, 1.54) is 12.8 Å². The van der Waals surface area contributed by atoms with E-state index >= 15 is 0 Å². The minimum atomic E-state index is -0.791.